The lowest BCUT2D eigenvalue weighted by Crippen LogP contribution is -1.97. The zero-order valence-electron chi connectivity index (χ0n) is 9.08. The summed E-state index contributed by atoms with van der Waals surface area (Å²) in [6, 6.07) is 7.17. The van der Waals surface area contributed by atoms with E-state index in [1.165, 1.54) is 0 Å². The zero-order chi connectivity index (χ0) is 12.4. The smallest absolute Gasteiger partial charge is 0.242 e. The molecule has 2 aromatic rings. The summed E-state index contributed by atoms with van der Waals surface area (Å²) in [5.74, 6) is 0.885. The third kappa shape index (κ3) is 2.70. The molecule has 0 fully saturated rings. The van der Waals surface area contributed by atoms with Gasteiger partial charge in [-0.2, -0.15) is 0 Å². The Bertz CT molecular complexity index is 560. The quantitative estimate of drug-likeness (QED) is 0.904. The summed E-state index contributed by atoms with van der Waals surface area (Å²) >= 11 is 9.38. The maximum absolute atomic E-state index is 6.02. The standard InChI is InChI=1S/C12H10BrClN2O/c1-7-4-5-16-12(11(7)15)17-10-6-8(13)2-3-9(10)14/h2-6H,15H2,1H3. The minimum Gasteiger partial charge on any atom is -0.435 e. The number of hydrogen-bond donors (Lipinski definition) is 1. The van der Waals surface area contributed by atoms with E-state index in [0.29, 0.717) is 22.3 Å². The van der Waals surface area contributed by atoms with Gasteiger partial charge in [-0.05, 0) is 36.8 Å². The molecule has 0 aliphatic heterocycles. The van der Waals surface area contributed by atoms with Crippen molar-refractivity contribution in [3.8, 4) is 11.6 Å². The number of nitrogens with two attached hydrogens (primary N) is 1. The van der Waals surface area contributed by atoms with Crippen LogP contribution in [0.25, 0.3) is 0 Å². The van der Waals surface area contributed by atoms with E-state index in [9.17, 15) is 0 Å². The summed E-state index contributed by atoms with van der Waals surface area (Å²) in [6.45, 7) is 1.90. The zero-order valence-corrected chi connectivity index (χ0v) is 11.4. The van der Waals surface area contributed by atoms with Crippen LogP contribution in [0.2, 0.25) is 5.02 Å². The van der Waals surface area contributed by atoms with Crippen LogP contribution in [-0.2, 0) is 0 Å². The molecule has 17 heavy (non-hydrogen) atoms. The van der Waals surface area contributed by atoms with Crippen molar-refractivity contribution in [2.24, 2.45) is 0 Å². The van der Waals surface area contributed by atoms with Gasteiger partial charge >= 0.3 is 0 Å². The van der Waals surface area contributed by atoms with Crippen molar-refractivity contribution in [3.05, 3.63) is 45.5 Å². The van der Waals surface area contributed by atoms with Crippen LogP contribution in [0.5, 0.6) is 11.6 Å². The third-order valence-corrected chi connectivity index (χ3v) is 3.08. The fourth-order valence-electron chi connectivity index (χ4n) is 1.29. The molecule has 0 amide bonds. The second-order valence-corrected chi connectivity index (χ2v) is 4.85. The average Bonchev–Trinajstić information content (AvgIpc) is 2.30. The first-order valence-corrected chi connectivity index (χ1v) is 6.09. The molecule has 0 spiro atoms. The molecular formula is C12H10BrClN2O. The first-order chi connectivity index (χ1) is 8.08. The number of ether oxygens (including phenoxy) is 1. The van der Waals surface area contributed by atoms with Crippen LogP contribution >= 0.6 is 27.5 Å². The fraction of sp³-hybridized carbons (Fsp3) is 0.0833. The molecule has 0 bridgehead atoms. The number of pyridine rings is 1. The molecule has 1 heterocycles. The number of rotatable bonds is 2. The average molecular weight is 314 g/mol. The Morgan fingerprint density at radius 1 is 1.35 bits per heavy atom. The van der Waals surface area contributed by atoms with E-state index in [-0.39, 0.29) is 0 Å². The molecule has 0 saturated carbocycles. The van der Waals surface area contributed by atoms with Gasteiger partial charge in [0.25, 0.3) is 0 Å². The van der Waals surface area contributed by atoms with Crippen LogP contribution in [-0.4, -0.2) is 4.98 Å². The lowest BCUT2D eigenvalue weighted by Gasteiger charge is -2.10. The summed E-state index contributed by atoms with van der Waals surface area (Å²) in [7, 11) is 0. The van der Waals surface area contributed by atoms with Gasteiger partial charge in [0.2, 0.25) is 5.88 Å². The molecule has 88 valence electrons. The topological polar surface area (TPSA) is 48.1 Å². The molecule has 5 heteroatoms. The minimum absolute atomic E-state index is 0.366. The van der Waals surface area contributed by atoms with E-state index in [4.69, 9.17) is 22.1 Å². The predicted molar refractivity (Wildman–Crippen MR) is 72.6 cm³/mol. The summed E-state index contributed by atoms with van der Waals surface area (Å²) in [5.41, 5.74) is 7.31. The van der Waals surface area contributed by atoms with Crippen molar-refractivity contribution in [2.75, 3.05) is 5.73 Å². The van der Waals surface area contributed by atoms with Crippen LogP contribution in [0.1, 0.15) is 5.56 Å². The number of benzene rings is 1. The summed E-state index contributed by atoms with van der Waals surface area (Å²) in [5, 5.41) is 0.510. The van der Waals surface area contributed by atoms with Crippen LogP contribution in [0.4, 0.5) is 5.69 Å². The van der Waals surface area contributed by atoms with E-state index in [2.05, 4.69) is 20.9 Å². The van der Waals surface area contributed by atoms with Crippen molar-refractivity contribution in [1.29, 1.82) is 0 Å². The van der Waals surface area contributed by atoms with Crippen LogP contribution in [0, 0.1) is 6.92 Å². The van der Waals surface area contributed by atoms with Gasteiger partial charge in [-0.25, -0.2) is 4.98 Å². The second-order valence-electron chi connectivity index (χ2n) is 3.52. The molecule has 1 aromatic heterocycles. The van der Waals surface area contributed by atoms with Crippen molar-refractivity contribution in [2.45, 2.75) is 6.92 Å². The second kappa shape index (κ2) is 4.94. The number of hydrogen-bond acceptors (Lipinski definition) is 3. The highest BCUT2D eigenvalue weighted by atomic mass is 79.9. The Hall–Kier alpha value is -1.26. The van der Waals surface area contributed by atoms with Crippen molar-refractivity contribution in [3.63, 3.8) is 0 Å². The normalized spacial score (nSPS) is 10.3. The Balaban J connectivity index is 2.38. The summed E-state index contributed by atoms with van der Waals surface area (Å²) in [6.07, 6.45) is 1.65. The highest BCUT2D eigenvalue weighted by Gasteiger charge is 2.09. The number of anilines is 1. The lowest BCUT2D eigenvalue weighted by atomic mass is 10.2. The Kier molecular flexibility index (Phi) is 3.54. The maximum atomic E-state index is 6.02. The molecular weight excluding hydrogens is 304 g/mol. The molecule has 3 nitrogen and oxygen atoms in total. The molecule has 2 N–H and O–H groups in total. The van der Waals surface area contributed by atoms with Gasteiger partial charge in [0, 0.05) is 10.7 Å². The number of nitrogens with zero attached hydrogens (tertiary/aromatic N) is 1. The van der Waals surface area contributed by atoms with E-state index in [0.717, 1.165) is 10.0 Å². The molecule has 0 saturated heterocycles. The highest BCUT2D eigenvalue weighted by Crippen LogP contribution is 2.33. The van der Waals surface area contributed by atoms with Crippen LogP contribution in [0.15, 0.2) is 34.9 Å². The van der Waals surface area contributed by atoms with Gasteiger partial charge in [-0.3, -0.25) is 0 Å². The summed E-state index contributed by atoms with van der Waals surface area (Å²) < 4.78 is 6.48. The highest BCUT2D eigenvalue weighted by molar-refractivity contribution is 9.10. The number of nitrogen functional groups attached to an aromatic ring is 1. The Morgan fingerprint density at radius 3 is 2.88 bits per heavy atom. The molecule has 0 aliphatic carbocycles. The largest absolute Gasteiger partial charge is 0.435 e. The van der Waals surface area contributed by atoms with Crippen LogP contribution in [0.3, 0.4) is 0 Å². The molecule has 0 aliphatic rings. The SMILES string of the molecule is Cc1ccnc(Oc2cc(Br)ccc2Cl)c1N. The molecule has 2 rings (SSSR count). The van der Waals surface area contributed by atoms with Gasteiger partial charge in [0.05, 0.1) is 10.7 Å². The van der Waals surface area contributed by atoms with E-state index >= 15 is 0 Å². The van der Waals surface area contributed by atoms with Gasteiger partial charge in [0.1, 0.15) is 5.75 Å². The lowest BCUT2D eigenvalue weighted by molar-refractivity contribution is 0.465. The van der Waals surface area contributed by atoms with E-state index in [1.807, 2.05) is 19.1 Å². The summed E-state index contributed by atoms with van der Waals surface area (Å²) in [4.78, 5) is 4.08. The van der Waals surface area contributed by atoms with Gasteiger partial charge in [0.15, 0.2) is 0 Å². The third-order valence-electron chi connectivity index (χ3n) is 2.27. The van der Waals surface area contributed by atoms with Crippen molar-refractivity contribution in [1.82, 2.24) is 4.98 Å². The van der Waals surface area contributed by atoms with Gasteiger partial charge in [-0.15, -0.1) is 0 Å². The first-order valence-electron chi connectivity index (χ1n) is 4.92. The van der Waals surface area contributed by atoms with Crippen LogP contribution < -0.4 is 10.5 Å². The molecule has 0 atom stereocenters. The molecule has 1 aromatic carbocycles. The minimum atomic E-state index is 0.366. The molecule has 0 unspecified atom stereocenters. The Morgan fingerprint density at radius 2 is 2.12 bits per heavy atom. The number of aromatic nitrogens is 1. The first kappa shape index (κ1) is 12.2. The van der Waals surface area contributed by atoms with Gasteiger partial charge in [-0.1, -0.05) is 27.5 Å². The number of aryl methyl sites for hydroxylation is 1. The predicted octanol–water partition coefficient (Wildman–Crippen LogP) is 4.18. The van der Waals surface area contributed by atoms with Crippen molar-refractivity contribution >= 4 is 33.2 Å². The monoisotopic (exact) mass is 312 g/mol. The maximum Gasteiger partial charge on any atom is 0.242 e. The van der Waals surface area contributed by atoms with E-state index in [1.54, 1.807) is 18.3 Å². The molecule has 0 radical (unpaired) electrons. The van der Waals surface area contributed by atoms with Gasteiger partial charge < -0.3 is 10.5 Å². The Labute approximate surface area is 113 Å². The van der Waals surface area contributed by atoms with E-state index < -0.39 is 0 Å². The fourth-order valence-corrected chi connectivity index (χ4v) is 1.78. The van der Waals surface area contributed by atoms with Crippen molar-refractivity contribution < 1.29 is 4.74 Å². The number of halogens is 2.